The van der Waals surface area contributed by atoms with Crippen molar-refractivity contribution in [1.82, 2.24) is 10.2 Å². The van der Waals surface area contributed by atoms with Crippen molar-refractivity contribution in [3.63, 3.8) is 0 Å². The standard InChI is InChI=1S/C13H28N2O2/c1-16-11-5-12-17-13-7-14-6-10-15-8-3-2-4-9-15/h14H,2-13H2,1H3. The second-order valence-electron chi connectivity index (χ2n) is 4.61. The minimum atomic E-state index is 0.794. The highest BCUT2D eigenvalue weighted by Gasteiger charge is 2.08. The van der Waals surface area contributed by atoms with Gasteiger partial charge >= 0.3 is 0 Å². The highest BCUT2D eigenvalue weighted by molar-refractivity contribution is 4.65. The zero-order valence-corrected chi connectivity index (χ0v) is 11.2. The molecule has 0 aliphatic carbocycles. The molecule has 4 nitrogen and oxygen atoms in total. The van der Waals surface area contributed by atoms with E-state index in [0.29, 0.717) is 0 Å². The molecule has 1 aliphatic rings. The number of ether oxygens (including phenoxy) is 2. The molecule has 1 aliphatic heterocycles. The Bertz CT molecular complexity index is 161. The van der Waals surface area contributed by atoms with Crippen LogP contribution in [0.3, 0.4) is 0 Å². The molecule has 0 amide bonds. The Morgan fingerprint density at radius 2 is 1.82 bits per heavy atom. The van der Waals surface area contributed by atoms with Crippen LogP contribution >= 0.6 is 0 Å². The minimum absolute atomic E-state index is 0.794. The number of methoxy groups -OCH3 is 1. The molecule has 0 radical (unpaired) electrons. The van der Waals surface area contributed by atoms with Crippen molar-refractivity contribution >= 4 is 0 Å². The number of hydrogen-bond acceptors (Lipinski definition) is 4. The summed E-state index contributed by atoms with van der Waals surface area (Å²) in [5, 5.41) is 3.43. The average Bonchev–Trinajstić information content (AvgIpc) is 2.38. The van der Waals surface area contributed by atoms with Crippen molar-refractivity contribution in [2.75, 3.05) is 59.7 Å². The molecule has 0 bridgehead atoms. The molecule has 102 valence electrons. The molecule has 1 rings (SSSR count). The number of nitrogens with zero attached hydrogens (tertiary/aromatic N) is 1. The van der Waals surface area contributed by atoms with Gasteiger partial charge < -0.3 is 19.7 Å². The number of nitrogens with one attached hydrogen (secondary N) is 1. The van der Waals surface area contributed by atoms with Crippen LogP contribution < -0.4 is 5.32 Å². The molecule has 17 heavy (non-hydrogen) atoms. The van der Waals surface area contributed by atoms with Gasteiger partial charge in [0, 0.05) is 40.0 Å². The number of rotatable bonds is 10. The molecule has 1 N–H and O–H groups in total. The highest BCUT2D eigenvalue weighted by atomic mass is 16.5. The van der Waals surface area contributed by atoms with E-state index in [2.05, 4.69) is 10.2 Å². The van der Waals surface area contributed by atoms with Gasteiger partial charge in [-0.1, -0.05) is 6.42 Å². The van der Waals surface area contributed by atoms with E-state index in [-0.39, 0.29) is 0 Å². The lowest BCUT2D eigenvalue weighted by Crippen LogP contribution is -2.36. The fourth-order valence-corrected chi connectivity index (χ4v) is 2.10. The first-order chi connectivity index (χ1) is 8.43. The van der Waals surface area contributed by atoms with E-state index < -0.39 is 0 Å². The minimum Gasteiger partial charge on any atom is -0.385 e. The highest BCUT2D eigenvalue weighted by Crippen LogP contribution is 2.07. The van der Waals surface area contributed by atoms with Gasteiger partial charge in [0.05, 0.1) is 6.61 Å². The monoisotopic (exact) mass is 244 g/mol. The summed E-state index contributed by atoms with van der Waals surface area (Å²) in [5.41, 5.74) is 0. The first kappa shape index (κ1) is 14.9. The largest absolute Gasteiger partial charge is 0.385 e. The molecular weight excluding hydrogens is 216 g/mol. The molecule has 1 saturated heterocycles. The molecule has 0 saturated carbocycles. The molecule has 4 heteroatoms. The molecule has 0 aromatic carbocycles. The maximum Gasteiger partial charge on any atom is 0.0590 e. The van der Waals surface area contributed by atoms with Gasteiger partial charge in [-0.3, -0.25) is 0 Å². The molecular formula is C13H28N2O2. The van der Waals surface area contributed by atoms with Gasteiger partial charge in [0.2, 0.25) is 0 Å². The van der Waals surface area contributed by atoms with E-state index >= 15 is 0 Å². The van der Waals surface area contributed by atoms with Gasteiger partial charge in [0.1, 0.15) is 0 Å². The molecule has 0 atom stereocenters. The van der Waals surface area contributed by atoms with E-state index in [1.54, 1.807) is 7.11 Å². The first-order valence-corrected chi connectivity index (χ1v) is 6.93. The third kappa shape index (κ3) is 8.55. The number of hydrogen-bond donors (Lipinski definition) is 1. The quantitative estimate of drug-likeness (QED) is 0.584. The van der Waals surface area contributed by atoms with Crippen molar-refractivity contribution in [3.8, 4) is 0 Å². The SMILES string of the molecule is COCCCOCCNCCN1CCCCC1. The van der Waals surface area contributed by atoms with E-state index in [0.717, 1.165) is 39.3 Å². The molecule has 0 unspecified atom stereocenters. The Morgan fingerprint density at radius 3 is 2.59 bits per heavy atom. The van der Waals surface area contributed by atoms with E-state index in [9.17, 15) is 0 Å². The van der Waals surface area contributed by atoms with Crippen molar-refractivity contribution < 1.29 is 9.47 Å². The van der Waals surface area contributed by atoms with Crippen molar-refractivity contribution in [1.29, 1.82) is 0 Å². The summed E-state index contributed by atoms with van der Waals surface area (Å²) >= 11 is 0. The average molecular weight is 244 g/mol. The van der Waals surface area contributed by atoms with Crippen molar-refractivity contribution in [3.05, 3.63) is 0 Å². The predicted molar refractivity (Wildman–Crippen MR) is 70.5 cm³/mol. The van der Waals surface area contributed by atoms with Crippen LogP contribution in [0, 0.1) is 0 Å². The zero-order valence-electron chi connectivity index (χ0n) is 11.2. The van der Waals surface area contributed by atoms with Gasteiger partial charge in [0.25, 0.3) is 0 Å². The zero-order chi connectivity index (χ0) is 12.2. The predicted octanol–water partition coefficient (Wildman–Crippen LogP) is 1.12. The molecule has 0 spiro atoms. The lowest BCUT2D eigenvalue weighted by molar-refractivity contribution is 0.104. The van der Waals surface area contributed by atoms with Crippen LogP contribution in [0.5, 0.6) is 0 Å². The molecule has 1 fully saturated rings. The summed E-state index contributed by atoms with van der Waals surface area (Å²) < 4.78 is 10.4. The van der Waals surface area contributed by atoms with Crippen LogP contribution in [-0.2, 0) is 9.47 Å². The Kier molecular flexibility index (Phi) is 9.61. The second-order valence-corrected chi connectivity index (χ2v) is 4.61. The van der Waals surface area contributed by atoms with Gasteiger partial charge in [-0.15, -0.1) is 0 Å². The third-order valence-electron chi connectivity index (χ3n) is 3.11. The Morgan fingerprint density at radius 1 is 1.00 bits per heavy atom. The Balaban J connectivity index is 1.75. The van der Waals surface area contributed by atoms with E-state index in [1.165, 1.54) is 38.9 Å². The fraction of sp³-hybridized carbons (Fsp3) is 1.00. The van der Waals surface area contributed by atoms with Gasteiger partial charge in [-0.05, 0) is 32.4 Å². The summed E-state index contributed by atoms with van der Waals surface area (Å²) in [5.74, 6) is 0. The summed E-state index contributed by atoms with van der Waals surface area (Å²) in [6.07, 6.45) is 5.16. The van der Waals surface area contributed by atoms with Crippen LogP contribution in [0.4, 0.5) is 0 Å². The number of likely N-dealkylation sites (tertiary alicyclic amines) is 1. The lowest BCUT2D eigenvalue weighted by Gasteiger charge is -2.26. The lowest BCUT2D eigenvalue weighted by atomic mass is 10.1. The third-order valence-corrected chi connectivity index (χ3v) is 3.11. The van der Waals surface area contributed by atoms with E-state index in [4.69, 9.17) is 9.47 Å². The first-order valence-electron chi connectivity index (χ1n) is 6.93. The van der Waals surface area contributed by atoms with Crippen LogP contribution in [0.2, 0.25) is 0 Å². The summed E-state index contributed by atoms with van der Waals surface area (Å²) in [4.78, 5) is 2.55. The van der Waals surface area contributed by atoms with Crippen LogP contribution in [0.15, 0.2) is 0 Å². The molecule has 1 heterocycles. The summed E-state index contributed by atoms with van der Waals surface area (Å²) in [6, 6.07) is 0. The summed E-state index contributed by atoms with van der Waals surface area (Å²) in [7, 11) is 1.72. The van der Waals surface area contributed by atoms with Gasteiger partial charge in [-0.2, -0.15) is 0 Å². The molecule has 0 aromatic heterocycles. The molecule has 0 aromatic rings. The van der Waals surface area contributed by atoms with Gasteiger partial charge in [-0.25, -0.2) is 0 Å². The van der Waals surface area contributed by atoms with Crippen LogP contribution in [0.25, 0.3) is 0 Å². The van der Waals surface area contributed by atoms with Crippen molar-refractivity contribution in [2.45, 2.75) is 25.7 Å². The van der Waals surface area contributed by atoms with Gasteiger partial charge in [0.15, 0.2) is 0 Å². The summed E-state index contributed by atoms with van der Waals surface area (Å²) in [6.45, 7) is 8.21. The van der Waals surface area contributed by atoms with Crippen LogP contribution in [0.1, 0.15) is 25.7 Å². The topological polar surface area (TPSA) is 33.7 Å². The Labute approximate surface area is 106 Å². The smallest absolute Gasteiger partial charge is 0.0590 e. The normalized spacial score (nSPS) is 17.5. The Hall–Kier alpha value is -0.160. The number of piperidine rings is 1. The fourth-order valence-electron chi connectivity index (χ4n) is 2.10. The van der Waals surface area contributed by atoms with Crippen LogP contribution in [-0.4, -0.2) is 64.6 Å². The second kappa shape index (κ2) is 11.0. The van der Waals surface area contributed by atoms with E-state index in [1.807, 2.05) is 0 Å². The maximum absolute atomic E-state index is 5.47. The maximum atomic E-state index is 5.47. The van der Waals surface area contributed by atoms with Crippen molar-refractivity contribution in [2.24, 2.45) is 0 Å².